The topological polar surface area (TPSA) is 66.8 Å². The van der Waals surface area contributed by atoms with Gasteiger partial charge in [0.05, 0.1) is 30.0 Å². The van der Waals surface area contributed by atoms with Gasteiger partial charge in [-0.25, -0.2) is 0 Å². The van der Waals surface area contributed by atoms with Gasteiger partial charge < -0.3 is 14.7 Å². The second-order valence-corrected chi connectivity index (χ2v) is 10.1. The lowest BCUT2D eigenvalue weighted by Crippen LogP contribution is -2.59. The zero-order valence-corrected chi connectivity index (χ0v) is 21.6. The summed E-state index contributed by atoms with van der Waals surface area (Å²) in [6.45, 7) is 5.88. The van der Waals surface area contributed by atoms with Crippen molar-refractivity contribution in [2.24, 2.45) is 5.41 Å². The molecule has 0 aliphatic carbocycles. The third-order valence-corrected chi connectivity index (χ3v) is 7.81. The van der Waals surface area contributed by atoms with E-state index in [2.05, 4.69) is 0 Å². The Bertz CT molecular complexity index is 1010. The van der Waals surface area contributed by atoms with E-state index in [-0.39, 0.29) is 36.4 Å². The monoisotopic (exact) mass is 505 g/mol. The van der Waals surface area contributed by atoms with Crippen LogP contribution in [0, 0.1) is 5.41 Å². The van der Waals surface area contributed by atoms with Crippen molar-refractivity contribution in [2.45, 2.75) is 70.6 Å². The minimum absolute atomic E-state index is 0.133. The highest BCUT2D eigenvalue weighted by molar-refractivity contribution is 6.30. The van der Waals surface area contributed by atoms with Gasteiger partial charge in [0.25, 0.3) is 0 Å². The van der Waals surface area contributed by atoms with Crippen LogP contribution in [0.3, 0.4) is 0 Å². The second kappa shape index (κ2) is 11.1. The molecule has 1 aliphatic rings. The summed E-state index contributed by atoms with van der Waals surface area (Å²) in [5.74, 6) is -1.26. The van der Waals surface area contributed by atoms with Crippen LogP contribution in [-0.4, -0.2) is 41.1 Å². The highest BCUT2D eigenvalue weighted by Gasteiger charge is 2.54. The van der Waals surface area contributed by atoms with Gasteiger partial charge in [-0.15, -0.1) is 0 Å². The highest BCUT2D eigenvalue weighted by Crippen LogP contribution is 2.53. The number of methoxy groups -OCH3 is 1. The Hall–Kier alpha value is -2.08. The van der Waals surface area contributed by atoms with Crippen molar-refractivity contribution in [3.05, 3.63) is 69.7 Å². The van der Waals surface area contributed by atoms with Crippen molar-refractivity contribution in [1.29, 1.82) is 0 Å². The molecule has 184 valence electrons. The van der Waals surface area contributed by atoms with E-state index in [1.807, 2.05) is 74.2 Å². The maximum absolute atomic E-state index is 14.3. The predicted molar refractivity (Wildman–Crippen MR) is 135 cm³/mol. The van der Waals surface area contributed by atoms with Gasteiger partial charge >= 0.3 is 5.97 Å². The fraction of sp³-hybridized carbons (Fsp3) is 0.481. The Morgan fingerprint density at radius 3 is 2.35 bits per heavy atom. The van der Waals surface area contributed by atoms with E-state index in [4.69, 9.17) is 27.9 Å². The van der Waals surface area contributed by atoms with Crippen LogP contribution in [0.15, 0.2) is 48.5 Å². The maximum atomic E-state index is 14.3. The SMILES string of the molecule is CCC(C(C)OC)N1C(=O)C(CC)(CC(=O)O)CC(c2cccc(Cl)c2)C1c1ccc(Cl)cc1. The van der Waals surface area contributed by atoms with Gasteiger partial charge in [0.15, 0.2) is 0 Å². The molecule has 1 saturated heterocycles. The van der Waals surface area contributed by atoms with E-state index in [0.29, 0.717) is 29.3 Å². The lowest BCUT2D eigenvalue weighted by molar-refractivity contribution is -0.165. The first kappa shape index (κ1) is 26.5. The molecular weight excluding hydrogens is 473 g/mol. The van der Waals surface area contributed by atoms with Crippen LogP contribution in [0.1, 0.15) is 69.5 Å². The number of carbonyl (C=O) groups excluding carboxylic acids is 1. The highest BCUT2D eigenvalue weighted by atomic mass is 35.5. The number of hydrogen-bond donors (Lipinski definition) is 1. The van der Waals surface area contributed by atoms with Gasteiger partial charge in [0.1, 0.15) is 0 Å². The molecule has 0 bridgehead atoms. The summed E-state index contributed by atoms with van der Waals surface area (Å²) in [7, 11) is 1.64. The first-order chi connectivity index (χ1) is 16.2. The summed E-state index contributed by atoms with van der Waals surface area (Å²) in [6.07, 6.45) is 1.05. The smallest absolute Gasteiger partial charge is 0.304 e. The van der Waals surface area contributed by atoms with Crippen LogP contribution in [0.25, 0.3) is 0 Å². The summed E-state index contributed by atoms with van der Waals surface area (Å²) in [5.41, 5.74) is 0.903. The molecule has 2 aromatic carbocycles. The van der Waals surface area contributed by atoms with Crippen LogP contribution < -0.4 is 0 Å². The number of carboxylic acids is 1. The predicted octanol–water partition coefficient (Wildman–Crippen LogP) is 6.74. The van der Waals surface area contributed by atoms with Crippen molar-refractivity contribution in [3.63, 3.8) is 0 Å². The zero-order chi connectivity index (χ0) is 25.0. The van der Waals surface area contributed by atoms with E-state index in [1.165, 1.54) is 0 Å². The Morgan fingerprint density at radius 2 is 1.82 bits per heavy atom. The third-order valence-electron chi connectivity index (χ3n) is 7.32. The number of halogens is 2. The van der Waals surface area contributed by atoms with Gasteiger partial charge in [0.2, 0.25) is 5.91 Å². The fourth-order valence-corrected chi connectivity index (χ4v) is 5.76. The number of carboxylic acid groups (broad SMARTS) is 1. The van der Waals surface area contributed by atoms with Crippen LogP contribution in [0.5, 0.6) is 0 Å². The number of carbonyl (C=O) groups is 2. The summed E-state index contributed by atoms with van der Waals surface area (Å²) in [4.78, 5) is 28.2. The fourth-order valence-electron chi connectivity index (χ4n) is 5.43. The van der Waals surface area contributed by atoms with E-state index < -0.39 is 11.4 Å². The van der Waals surface area contributed by atoms with Crippen molar-refractivity contribution in [3.8, 4) is 0 Å². The number of aliphatic carboxylic acids is 1. The van der Waals surface area contributed by atoms with E-state index in [9.17, 15) is 14.7 Å². The first-order valence-corrected chi connectivity index (χ1v) is 12.5. The molecule has 2 aromatic rings. The second-order valence-electron chi connectivity index (χ2n) is 9.20. The number of benzene rings is 2. The van der Waals surface area contributed by atoms with Gasteiger partial charge in [-0.2, -0.15) is 0 Å². The molecule has 5 atom stereocenters. The first-order valence-electron chi connectivity index (χ1n) is 11.8. The minimum Gasteiger partial charge on any atom is -0.481 e. The lowest BCUT2D eigenvalue weighted by Gasteiger charge is -2.53. The Labute approximate surface area is 212 Å². The van der Waals surface area contributed by atoms with Crippen molar-refractivity contribution < 1.29 is 19.4 Å². The Morgan fingerprint density at radius 1 is 1.15 bits per heavy atom. The van der Waals surface area contributed by atoms with Crippen molar-refractivity contribution >= 4 is 35.1 Å². The van der Waals surface area contributed by atoms with Gasteiger partial charge in [-0.05, 0) is 61.6 Å². The molecule has 1 amide bonds. The maximum Gasteiger partial charge on any atom is 0.304 e. The number of rotatable bonds is 9. The molecule has 1 N–H and O–H groups in total. The number of ether oxygens (including phenoxy) is 1. The Balaban J connectivity index is 2.29. The molecule has 5 unspecified atom stereocenters. The number of nitrogens with zero attached hydrogens (tertiary/aromatic N) is 1. The summed E-state index contributed by atoms with van der Waals surface area (Å²) in [5, 5.41) is 11.0. The normalized spacial score (nSPS) is 24.6. The van der Waals surface area contributed by atoms with E-state index >= 15 is 0 Å². The van der Waals surface area contributed by atoms with Crippen molar-refractivity contribution in [2.75, 3.05) is 7.11 Å². The van der Waals surface area contributed by atoms with Crippen LogP contribution in [-0.2, 0) is 14.3 Å². The molecule has 0 radical (unpaired) electrons. The third kappa shape index (κ3) is 5.27. The van der Waals surface area contributed by atoms with Gasteiger partial charge in [-0.1, -0.05) is 61.3 Å². The van der Waals surface area contributed by atoms with Gasteiger partial charge in [-0.3, -0.25) is 9.59 Å². The zero-order valence-electron chi connectivity index (χ0n) is 20.1. The molecule has 1 heterocycles. The Kier molecular flexibility index (Phi) is 8.66. The van der Waals surface area contributed by atoms with Crippen LogP contribution >= 0.6 is 23.2 Å². The quantitative estimate of drug-likeness (QED) is 0.409. The number of hydrogen-bond acceptors (Lipinski definition) is 3. The molecule has 0 saturated carbocycles. The molecule has 3 rings (SSSR count). The molecule has 1 fully saturated rings. The van der Waals surface area contributed by atoms with Crippen molar-refractivity contribution in [1.82, 2.24) is 4.90 Å². The largest absolute Gasteiger partial charge is 0.481 e. The van der Waals surface area contributed by atoms with E-state index in [0.717, 1.165) is 11.1 Å². The summed E-state index contributed by atoms with van der Waals surface area (Å²) in [6, 6.07) is 14.6. The number of piperidine rings is 1. The molecule has 0 aromatic heterocycles. The number of amides is 1. The summed E-state index contributed by atoms with van der Waals surface area (Å²) >= 11 is 12.6. The lowest BCUT2D eigenvalue weighted by atomic mass is 9.64. The molecule has 34 heavy (non-hydrogen) atoms. The summed E-state index contributed by atoms with van der Waals surface area (Å²) < 4.78 is 5.70. The minimum atomic E-state index is -1.03. The molecule has 7 heteroatoms. The molecule has 1 aliphatic heterocycles. The van der Waals surface area contributed by atoms with Crippen LogP contribution in [0.2, 0.25) is 10.0 Å². The van der Waals surface area contributed by atoms with E-state index in [1.54, 1.807) is 7.11 Å². The average Bonchev–Trinajstić information content (AvgIpc) is 2.81. The van der Waals surface area contributed by atoms with Gasteiger partial charge in [0, 0.05) is 23.1 Å². The number of likely N-dealkylation sites (tertiary alicyclic amines) is 1. The molecule has 0 spiro atoms. The molecular formula is C27H33Cl2NO4. The van der Waals surface area contributed by atoms with Crippen LogP contribution in [0.4, 0.5) is 0 Å². The molecule has 5 nitrogen and oxygen atoms in total. The average molecular weight is 506 g/mol. The standard InChI is InChI=1S/C27H33Cl2NO4/c1-5-23(17(3)34-4)30-25(18-10-12-20(28)13-11-18)22(19-8-7-9-21(29)14-19)15-27(6-2,26(30)33)16-24(31)32/h7-14,17,22-23,25H,5-6,15-16H2,1-4H3,(H,31,32).